The summed E-state index contributed by atoms with van der Waals surface area (Å²) in [5.41, 5.74) is 9.01. The average molecular weight is 496 g/mol. The number of nitrogens with zero attached hydrogens (tertiary/aromatic N) is 5. The number of hydrogen-bond acceptors (Lipinski definition) is 7. The smallest absolute Gasteiger partial charge is 0.164 e. The number of aromatic nitrogens is 4. The Labute approximate surface area is 216 Å². The number of anilines is 1. The van der Waals surface area contributed by atoms with Crippen molar-refractivity contribution in [1.82, 2.24) is 30.0 Å². The Kier molecular flexibility index (Phi) is 5.78. The predicted molar refractivity (Wildman–Crippen MR) is 144 cm³/mol. The molecule has 0 spiro atoms. The van der Waals surface area contributed by atoms with E-state index in [4.69, 9.17) is 15.6 Å². The van der Waals surface area contributed by atoms with E-state index in [2.05, 4.69) is 24.9 Å². The summed E-state index contributed by atoms with van der Waals surface area (Å²) in [6, 6.07) is 18.9. The molecule has 2 saturated heterocycles. The third kappa shape index (κ3) is 4.24. The van der Waals surface area contributed by atoms with Crippen LogP contribution in [0.2, 0.25) is 0 Å². The molecule has 2 aliphatic heterocycles. The first kappa shape index (κ1) is 22.7. The molecule has 0 radical (unpaired) electrons. The lowest BCUT2D eigenvalue weighted by Crippen LogP contribution is -2.41. The summed E-state index contributed by atoms with van der Waals surface area (Å²) in [4.78, 5) is 11.7. The Morgan fingerprint density at radius 2 is 1.54 bits per heavy atom. The minimum absolute atomic E-state index is 0.310. The van der Waals surface area contributed by atoms with Gasteiger partial charge in [0.25, 0.3) is 0 Å². The van der Waals surface area contributed by atoms with E-state index in [1.165, 1.54) is 25.9 Å². The van der Waals surface area contributed by atoms with Gasteiger partial charge in [-0.3, -0.25) is 0 Å². The number of ether oxygens (including phenoxy) is 1. The first-order valence-electron chi connectivity index (χ1n) is 13.5. The van der Waals surface area contributed by atoms with Crippen molar-refractivity contribution < 1.29 is 4.74 Å². The molecule has 2 atom stereocenters. The second-order valence-corrected chi connectivity index (χ2v) is 10.8. The van der Waals surface area contributed by atoms with Gasteiger partial charge < -0.3 is 20.7 Å². The maximum absolute atomic E-state index is 6.38. The van der Waals surface area contributed by atoms with Gasteiger partial charge in [0, 0.05) is 24.7 Å². The van der Waals surface area contributed by atoms with Gasteiger partial charge >= 0.3 is 0 Å². The molecule has 2 aromatic heterocycles. The number of nitrogens with one attached hydrogen (secondary N) is 1. The van der Waals surface area contributed by atoms with Gasteiger partial charge in [-0.25, -0.2) is 14.6 Å². The van der Waals surface area contributed by atoms with Gasteiger partial charge in [-0.05, 0) is 87.0 Å². The molecule has 2 unspecified atom stereocenters. The molecule has 3 fully saturated rings. The van der Waals surface area contributed by atoms with Crippen LogP contribution >= 0.6 is 0 Å². The summed E-state index contributed by atoms with van der Waals surface area (Å²) in [5.74, 6) is 3.82. The number of likely N-dealkylation sites (tertiary alicyclic amines) is 1. The van der Waals surface area contributed by atoms with Crippen LogP contribution in [0.1, 0.15) is 31.7 Å². The Morgan fingerprint density at radius 1 is 0.838 bits per heavy atom. The highest BCUT2D eigenvalue weighted by Crippen LogP contribution is 2.40. The first-order chi connectivity index (χ1) is 18.2. The summed E-state index contributed by atoms with van der Waals surface area (Å²) in [5, 5.41) is 9.49. The summed E-state index contributed by atoms with van der Waals surface area (Å²) < 4.78 is 8.09. The summed E-state index contributed by atoms with van der Waals surface area (Å²) in [6.45, 7) is 4.65. The fourth-order valence-electron chi connectivity index (χ4n) is 6.69. The maximum Gasteiger partial charge on any atom is 0.164 e. The second-order valence-electron chi connectivity index (χ2n) is 10.8. The van der Waals surface area contributed by atoms with E-state index in [0.717, 1.165) is 77.6 Å². The van der Waals surface area contributed by atoms with E-state index in [-0.39, 0.29) is 0 Å². The van der Waals surface area contributed by atoms with Crippen molar-refractivity contribution in [2.24, 2.45) is 11.8 Å². The van der Waals surface area contributed by atoms with Crippen LogP contribution in [0.4, 0.5) is 5.82 Å². The molecule has 37 heavy (non-hydrogen) atoms. The van der Waals surface area contributed by atoms with Crippen LogP contribution in [-0.2, 0) is 0 Å². The lowest BCUT2D eigenvalue weighted by Gasteiger charge is -2.36. The number of fused-ring (bicyclic) bond motifs is 2. The Balaban J connectivity index is 1.12. The van der Waals surface area contributed by atoms with Gasteiger partial charge in [-0.2, -0.15) is 5.10 Å². The van der Waals surface area contributed by atoms with Crippen LogP contribution in [0.3, 0.4) is 0 Å². The zero-order valence-corrected chi connectivity index (χ0v) is 21.0. The molecule has 4 aromatic rings. The number of para-hydroxylation sites is 1. The maximum atomic E-state index is 6.38. The highest BCUT2D eigenvalue weighted by Gasteiger charge is 2.40. The third-order valence-electron chi connectivity index (χ3n) is 8.62. The van der Waals surface area contributed by atoms with E-state index in [1.807, 2.05) is 54.6 Å². The van der Waals surface area contributed by atoms with Crippen LogP contribution in [0, 0.1) is 11.8 Å². The average Bonchev–Trinajstić information content (AvgIpc) is 3.65. The minimum atomic E-state index is 0.310. The molecule has 4 heterocycles. The van der Waals surface area contributed by atoms with Crippen LogP contribution in [0.15, 0.2) is 60.9 Å². The summed E-state index contributed by atoms with van der Waals surface area (Å²) in [7, 11) is 0. The number of benzene rings is 2. The quantitative estimate of drug-likeness (QED) is 0.421. The SMILES string of the molecule is Nc1ncnc2c1c(-c1ccc(Oc3ccccc3)cc1)nn2C1CCN(C2CC3CNCC3C2)CC1. The van der Waals surface area contributed by atoms with Crippen molar-refractivity contribution in [3.05, 3.63) is 60.9 Å². The van der Waals surface area contributed by atoms with Crippen LogP contribution in [-0.4, -0.2) is 56.9 Å². The van der Waals surface area contributed by atoms with Crippen molar-refractivity contribution in [2.45, 2.75) is 37.8 Å². The molecule has 190 valence electrons. The lowest BCUT2D eigenvalue weighted by molar-refractivity contribution is 0.129. The normalized spacial score (nSPS) is 24.5. The second kappa shape index (κ2) is 9.43. The molecule has 0 amide bonds. The highest BCUT2D eigenvalue weighted by atomic mass is 16.5. The van der Waals surface area contributed by atoms with Crippen molar-refractivity contribution in [1.29, 1.82) is 0 Å². The van der Waals surface area contributed by atoms with Gasteiger partial charge in [-0.1, -0.05) is 18.2 Å². The van der Waals surface area contributed by atoms with Gasteiger partial charge in [0.1, 0.15) is 29.3 Å². The predicted octanol–water partition coefficient (Wildman–Crippen LogP) is 4.50. The van der Waals surface area contributed by atoms with Crippen LogP contribution < -0.4 is 15.8 Å². The molecule has 1 saturated carbocycles. The molecule has 2 aromatic carbocycles. The Hall–Kier alpha value is -3.49. The largest absolute Gasteiger partial charge is 0.457 e. The van der Waals surface area contributed by atoms with Crippen molar-refractivity contribution in [3.8, 4) is 22.8 Å². The molecule has 1 aliphatic carbocycles. The number of hydrogen-bond donors (Lipinski definition) is 2. The highest BCUT2D eigenvalue weighted by molar-refractivity contribution is 5.98. The number of nitrogen functional groups attached to an aromatic ring is 1. The third-order valence-corrected chi connectivity index (χ3v) is 8.62. The van der Waals surface area contributed by atoms with E-state index >= 15 is 0 Å². The molecule has 0 bridgehead atoms. The molecule has 8 heteroatoms. The minimum Gasteiger partial charge on any atom is -0.457 e. The van der Waals surface area contributed by atoms with Gasteiger partial charge in [-0.15, -0.1) is 0 Å². The van der Waals surface area contributed by atoms with Crippen molar-refractivity contribution in [3.63, 3.8) is 0 Å². The van der Waals surface area contributed by atoms with Crippen molar-refractivity contribution in [2.75, 3.05) is 31.9 Å². The summed E-state index contributed by atoms with van der Waals surface area (Å²) in [6.07, 6.45) is 6.41. The molecule has 8 nitrogen and oxygen atoms in total. The zero-order chi connectivity index (χ0) is 24.8. The first-order valence-corrected chi connectivity index (χ1v) is 13.5. The Morgan fingerprint density at radius 3 is 2.27 bits per heavy atom. The summed E-state index contributed by atoms with van der Waals surface area (Å²) >= 11 is 0. The van der Waals surface area contributed by atoms with E-state index in [9.17, 15) is 0 Å². The molecular weight excluding hydrogens is 462 g/mol. The molecule has 7 rings (SSSR count). The molecular formula is C29H33N7O. The van der Waals surface area contributed by atoms with Gasteiger partial charge in [0.05, 0.1) is 11.4 Å². The van der Waals surface area contributed by atoms with Crippen molar-refractivity contribution >= 4 is 16.9 Å². The number of piperidine rings is 1. The standard InChI is InChI=1S/C29H33N7O/c30-28-26-27(19-6-8-25(9-7-19)37-24-4-2-1-3-5-24)34-36(29(26)33-18-32-28)22-10-12-35(13-11-22)23-14-20-16-31-17-21(20)15-23/h1-9,18,20-23,31H,10-17H2,(H2,30,32,33). The number of nitrogens with two attached hydrogens (primary N) is 1. The molecule has 3 aliphatic rings. The fraction of sp³-hybridized carbons (Fsp3) is 0.414. The van der Waals surface area contributed by atoms with Crippen LogP contribution in [0.5, 0.6) is 11.5 Å². The molecule has 3 N–H and O–H groups in total. The topological polar surface area (TPSA) is 94.1 Å². The monoisotopic (exact) mass is 495 g/mol. The number of rotatable bonds is 5. The van der Waals surface area contributed by atoms with Gasteiger partial charge in [0.15, 0.2) is 5.65 Å². The van der Waals surface area contributed by atoms with E-state index in [1.54, 1.807) is 6.33 Å². The lowest BCUT2D eigenvalue weighted by atomic mass is 10.0. The Bertz CT molecular complexity index is 1370. The zero-order valence-electron chi connectivity index (χ0n) is 21.0. The van der Waals surface area contributed by atoms with E-state index < -0.39 is 0 Å². The van der Waals surface area contributed by atoms with Gasteiger partial charge in [0.2, 0.25) is 0 Å². The van der Waals surface area contributed by atoms with Crippen LogP contribution in [0.25, 0.3) is 22.3 Å². The van der Waals surface area contributed by atoms with E-state index in [0.29, 0.717) is 11.9 Å². The fourth-order valence-corrected chi connectivity index (χ4v) is 6.69.